The highest BCUT2D eigenvalue weighted by Crippen LogP contribution is 2.29. The number of hydrogen-bond donors (Lipinski definition) is 0. The molecule has 1 aromatic heterocycles. The number of thiazole rings is 1. The summed E-state index contributed by atoms with van der Waals surface area (Å²) in [5, 5.41) is 2.04. The molecule has 23 heavy (non-hydrogen) atoms. The van der Waals surface area contributed by atoms with Gasteiger partial charge in [-0.15, -0.1) is 11.3 Å². The molecule has 0 unspecified atom stereocenters. The van der Waals surface area contributed by atoms with Crippen molar-refractivity contribution in [3.8, 4) is 11.3 Å². The molecule has 1 heterocycles. The molecule has 0 saturated heterocycles. The van der Waals surface area contributed by atoms with Crippen molar-refractivity contribution in [2.75, 3.05) is 5.75 Å². The number of thioether (sulfide) groups is 1. The fourth-order valence-corrected chi connectivity index (χ4v) is 4.02. The van der Waals surface area contributed by atoms with Gasteiger partial charge in [0, 0.05) is 21.0 Å². The lowest BCUT2D eigenvalue weighted by molar-refractivity contribution is 0.102. The number of hydrogen-bond acceptors (Lipinski definition) is 4. The maximum Gasteiger partial charge on any atom is 0.173 e. The summed E-state index contributed by atoms with van der Waals surface area (Å²) in [4.78, 5) is 16.8. The molecule has 0 aliphatic carbocycles. The molecule has 0 atom stereocenters. The molecular formula is C18H14BrNOS2. The minimum Gasteiger partial charge on any atom is -0.293 e. The lowest BCUT2D eigenvalue weighted by Gasteiger charge is -2.00. The fourth-order valence-electron chi connectivity index (χ4n) is 2.03. The molecule has 0 aliphatic heterocycles. The van der Waals surface area contributed by atoms with E-state index < -0.39 is 0 Å². The molecule has 2 nitrogen and oxygen atoms in total. The lowest BCUT2D eigenvalue weighted by Crippen LogP contribution is -2.01. The quantitative estimate of drug-likeness (QED) is 0.394. The first-order valence-corrected chi connectivity index (χ1v) is 9.72. The van der Waals surface area contributed by atoms with Crippen molar-refractivity contribution in [1.29, 1.82) is 0 Å². The average molecular weight is 404 g/mol. The van der Waals surface area contributed by atoms with Crippen molar-refractivity contribution in [1.82, 2.24) is 4.98 Å². The Kier molecular flexibility index (Phi) is 5.30. The van der Waals surface area contributed by atoms with Crippen molar-refractivity contribution in [3.05, 3.63) is 69.5 Å². The number of aryl methyl sites for hydroxylation is 1. The van der Waals surface area contributed by atoms with E-state index in [-0.39, 0.29) is 5.78 Å². The van der Waals surface area contributed by atoms with Crippen molar-refractivity contribution < 1.29 is 4.79 Å². The van der Waals surface area contributed by atoms with E-state index in [9.17, 15) is 4.79 Å². The van der Waals surface area contributed by atoms with Gasteiger partial charge in [0.15, 0.2) is 10.1 Å². The molecule has 0 N–H and O–H groups in total. The highest BCUT2D eigenvalue weighted by atomic mass is 79.9. The van der Waals surface area contributed by atoms with Gasteiger partial charge in [-0.25, -0.2) is 4.98 Å². The Morgan fingerprint density at radius 3 is 2.52 bits per heavy atom. The largest absolute Gasteiger partial charge is 0.293 e. The molecule has 0 amide bonds. The molecule has 0 bridgehead atoms. The zero-order chi connectivity index (χ0) is 16.2. The number of aromatic nitrogens is 1. The smallest absolute Gasteiger partial charge is 0.173 e. The first kappa shape index (κ1) is 16.4. The summed E-state index contributed by atoms with van der Waals surface area (Å²) in [6, 6.07) is 15.8. The van der Waals surface area contributed by atoms with E-state index in [1.165, 1.54) is 17.3 Å². The van der Waals surface area contributed by atoms with Crippen LogP contribution < -0.4 is 0 Å². The van der Waals surface area contributed by atoms with Crippen LogP contribution in [-0.2, 0) is 0 Å². The van der Waals surface area contributed by atoms with Crippen LogP contribution in [-0.4, -0.2) is 16.5 Å². The highest BCUT2D eigenvalue weighted by Gasteiger charge is 2.10. The normalized spacial score (nSPS) is 10.7. The molecule has 3 aromatic rings. The highest BCUT2D eigenvalue weighted by molar-refractivity contribution is 9.10. The minimum atomic E-state index is 0.120. The predicted molar refractivity (Wildman–Crippen MR) is 101 cm³/mol. The third-order valence-corrected chi connectivity index (χ3v) is 5.87. The fraction of sp³-hybridized carbons (Fsp3) is 0.111. The Bertz CT molecular complexity index is 810. The van der Waals surface area contributed by atoms with Crippen LogP contribution in [0.4, 0.5) is 0 Å². The maximum atomic E-state index is 12.2. The SMILES string of the molecule is Cc1ccc(-c2csc(SCC(=O)c3ccc(Br)cc3)n2)cc1. The van der Waals surface area contributed by atoms with Gasteiger partial charge in [0.05, 0.1) is 11.4 Å². The van der Waals surface area contributed by atoms with Gasteiger partial charge < -0.3 is 0 Å². The molecule has 0 radical (unpaired) electrons. The molecule has 0 saturated carbocycles. The summed E-state index contributed by atoms with van der Waals surface area (Å²) in [6.07, 6.45) is 0. The minimum absolute atomic E-state index is 0.120. The van der Waals surface area contributed by atoms with Crippen LogP contribution in [0.25, 0.3) is 11.3 Å². The second kappa shape index (κ2) is 7.43. The molecule has 5 heteroatoms. The Morgan fingerprint density at radius 2 is 1.83 bits per heavy atom. The Morgan fingerprint density at radius 1 is 1.13 bits per heavy atom. The van der Waals surface area contributed by atoms with Gasteiger partial charge in [0.25, 0.3) is 0 Å². The number of ketones is 1. The maximum absolute atomic E-state index is 12.2. The molecule has 0 fully saturated rings. The van der Waals surface area contributed by atoms with Gasteiger partial charge >= 0.3 is 0 Å². The summed E-state index contributed by atoms with van der Waals surface area (Å²) in [7, 11) is 0. The van der Waals surface area contributed by atoms with Crippen LogP contribution in [0.5, 0.6) is 0 Å². The summed E-state index contributed by atoms with van der Waals surface area (Å²) >= 11 is 6.45. The number of halogens is 1. The number of carbonyl (C=O) groups excluding carboxylic acids is 1. The number of benzene rings is 2. The Labute approximate surface area is 152 Å². The second-order valence-electron chi connectivity index (χ2n) is 5.08. The summed E-state index contributed by atoms with van der Waals surface area (Å²) in [5.74, 6) is 0.525. The van der Waals surface area contributed by atoms with Crippen LogP contribution in [0.2, 0.25) is 0 Å². The van der Waals surface area contributed by atoms with Crippen LogP contribution in [0, 0.1) is 6.92 Å². The van der Waals surface area contributed by atoms with Gasteiger partial charge in [-0.05, 0) is 19.1 Å². The number of carbonyl (C=O) groups is 1. The first-order valence-electron chi connectivity index (χ1n) is 7.06. The van der Waals surface area contributed by atoms with Gasteiger partial charge in [-0.3, -0.25) is 4.79 Å². The van der Waals surface area contributed by atoms with E-state index in [0.717, 1.165) is 25.6 Å². The molecule has 0 spiro atoms. The van der Waals surface area contributed by atoms with Gasteiger partial charge in [0.1, 0.15) is 0 Å². The van der Waals surface area contributed by atoms with Crippen LogP contribution in [0.15, 0.2) is 62.7 Å². The third kappa shape index (κ3) is 4.31. The lowest BCUT2D eigenvalue weighted by atomic mass is 10.1. The van der Waals surface area contributed by atoms with E-state index in [1.807, 2.05) is 29.6 Å². The molecular weight excluding hydrogens is 390 g/mol. The number of rotatable bonds is 5. The molecule has 3 rings (SSSR count). The summed E-state index contributed by atoms with van der Waals surface area (Å²) < 4.78 is 1.90. The zero-order valence-corrected chi connectivity index (χ0v) is 15.7. The van der Waals surface area contributed by atoms with Gasteiger partial charge in [0.2, 0.25) is 0 Å². The molecule has 116 valence electrons. The Hall–Kier alpha value is -1.43. The van der Waals surface area contributed by atoms with E-state index in [1.54, 1.807) is 11.3 Å². The van der Waals surface area contributed by atoms with Crippen LogP contribution in [0.3, 0.4) is 0 Å². The van der Waals surface area contributed by atoms with Crippen molar-refractivity contribution >= 4 is 44.8 Å². The van der Waals surface area contributed by atoms with E-state index in [0.29, 0.717) is 5.75 Å². The molecule has 0 aliphatic rings. The third-order valence-electron chi connectivity index (χ3n) is 3.32. The second-order valence-corrected chi connectivity index (χ2v) is 8.08. The van der Waals surface area contributed by atoms with Crippen LogP contribution >= 0.6 is 39.0 Å². The zero-order valence-electron chi connectivity index (χ0n) is 12.5. The number of Topliss-reactive ketones (excluding diaryl/α,β-unsaturated/α-hetero) is 1. The standard InChI is InChI=1S/C18H14BrNOS2/c1-12-2-4-13(5-3-12)16-10-22-18(20-16)23-11-17(21)14-6-8-15(19)9-7-14/h2-10H,11H2,1H3. The monoisotopic (exact) mass is 403 g/mol. The van der Waals surface area contributed by atoms with Crippen molar-refractivity contribution in [2.24, 2.45) is 0 Å². The van der Waals surface area contributed by atoms with Crippen molar-refractivity contribution in [3.63, 3.8) is 0 Å². The van der Waals surface area contributed by atoms with Gasteiger partial charge in [-0.1, -0.05) is 69.7 Å². The molecule has 2 aromatic carbocycles. The van der Waals surface area contributed by atoms with E-state index >= 15 is 0 Å². The van der Waals surface area contributed by atoms with Crippen molar-refractivity contribution in [2.45, 2.75) is 11.3 Å². The Balaban J connectivity index is 1.64. The predicted octanol–water partition coefficient (Wildman–Crippen LogP) is 5.86. The van der Waals surface area contributed by atoms with E-state index in [2.05, 4.69) is 52.1 Å². The first-order chi connectivity index (χ1) is 11.1. The van der Waals surface area contributed by atoms with E-state index in [4.69, 9.17) is 0 Å². The van der Waals surface area contributed by atoms with Gasteiger partial charge in [-0.2, -0.15) is 0 Å². The topological polar surface area (TPSA) is 30.0 Å². The van der Waals surface area contributed by atoms with Crippen LogP contribution in [0.1, 0.15) is 15.9 Å². The average Bonchev–Trinajstić information content (AvgIpc) is 3.03. The number of nitrogens with zero attached hydrogens (tertiary/aromatic N) is 1. The summed E-state index contributed by atoms with van der Waals surface area (Å²) in [6.45, 7) is 2.07. The summed E-state index contributed by atoms with van der Waals surface area (Å²) in [5.41, 5.74) is 4.04.